The van der Waals surface area contributed by atoms with Crippen molar-refractivity contribution in [2.45, 2.75) is 57.4 Å². The number of imidazole rings is 1. The van der Waals surface area contributed by atoms with Crippen LogP contribution in [0.5, 0.6) is 0 Å². The van der Waals surface area contributed by atoms with Crippen LogP contribution in [-0.4, -0.2) is 15.5 Å². The summed E-state index contributed by atoms with van der Waals surface area (Å²) in [6, 6.07) is 12.8. The molecule has 0 aliphatic heterocycles. The number of carbonyl (C=O) groups excluding carboxylic acids is 1. The van der Waals surface area contributed by atoms with Crippen LogP contribution in [0.4, 0.5) is 5.82 Å². The van der Waals surface area contributed by atoms with Gasteiger partial charge in [-0.15, -0.1) is 0 Å². The van der Waals surface area contributed by atoms with Gasteiger partial charge in [-0.1, -0.05) is 49.6 Å². The summed E-state index contributed by atoms with van der Waals surface area (Å²) in [6.45, 7) is 0. The number of nitriles is 1. The zero-order valence-corrected chi connectivity index (χ0v) is 14.9. The molecule has 0 atom stereocenters. The van der Waals surface area contributed by atoms with Gasteiger partial charge >= 0.3 is 0 Å². The summed E-state index contributed by atoms with van der Waals surface area (Å²) in [6.07, 6.45) is 9.23. The Kier molecular flexibility index (Phi) is 4.50. The topological polar surface area (TPSA) is 70.7 Å². The molecule has 0 spiro atoms. The predicted molar refractivity (Wildman–Crippen MR) is 100 cm³/mol. The van der Waals surface area contributed by atoms with Crippen LogP contribution in [0, 0.1) is 16.7 Å². The van der Waals surface area contributed by atoms with Crippen molar-refractivity contribution in [1.82, 2.24) is 9.55 Å². The van der Waals surface area contributed by atoms with Gasteiger partial charge in [0.15, 0.2) is 0 Å². The first-order chi connectivity index (χ1) is 12.7. The molecule has 0 unspecified atom stereocenters. The third kappa shape index (κ3) is 3.37. The van der Waals surface area contributed by atoms with E-state index in [9.17, 15) is 10.1 Å². The van der Waals surface area contributed by atoms with Crippen molar-refractivity contribution in [3.63, 3.8) is 0 Å². The Morgan fingerprint density at radius 1 is 1.23 bits per heavy atom. The first-order valence-corrected chi connectivity index (χ1v) is 9.54. The lowest BCUT2D eigenvalue weighted by molar-refractivity contribution is -0.118. The summed E-state index contributed by atoms with van der Waals surface area (Å²) < 4.78 is 2.08. The minimum atomic E-state index is -0.500. The Bertz CT molecular complexity index is 823. The zero-order valence-electron chi connectivity index (χ0n) is 14.9. The van der Waals surface area contributed by atoms with Gasteiger partial charge in [0.1, 0.15) is 11.5 Å². The van der Waals surface area contributed by atoms with Crippen LogP contribution < -0.4 is 5.32 Å². The molecule has 4 rings (SSSR count). The van der Waals surface area contributed by atoms with Crippen LogP contribution in [0.3, 0.4) is 0 Å². The number of aromatic nitrogens is 2. The first kappa shape index (κ1) is 16.8. The Morgan fingerprint density at radius 2 is 1.96 bits per heavy atom. The number of benzene rings is 1. The molecule has 2 aromatic rings. The molecule has 1 aromatic heterocycles. The molecule has 1 N–H and O–H groups in total. The van der Waals surface area contributed by atoms with Gasteiger partial charge in [-0.25, -0.2) is 4.98 Å². The Morgan fingerprint density at radius 3 is 2.62 bits per heavy atom. The number of hydrogen-bond donors (Lipinski definition) is 1. The maximum absolute atomic E-state index is 12.8. The lowest BCUT2D eigenvalue weighted by Crippen LogP contribution is -2.29. The molecule has 1 amide bonds. The summed E-state index contributed by atoms with van der Waals surface area (Å²) in [5.74, 6) is 0.695. The maximum Gasteiger partial charge on any atom is 0.227 e. The molecule has 2 saturated carbocycles. The van der Waals surface area contributed by atoms with Gasteiger partial charge < -0.3 is 9.88 Å². The van der Waals surface area contributed by atoms with E-state index in [0.29, 0.717) is 6.04 Å². The van der Waals surface area contributed by atoms with Crippen LogP contribution in [0.1, 0.15) is 57.4 Å². The Labute approximate surface area is 154 Å². The lowest BCUT2D eigenvalue weighted by Gasteiger charge is -2.29. The van der Waals surface area contributed by atoms with Crippen molar-refractivity contribution in [2.24, 2.45) is 5.41 Å². The first-order valence-electron chi connectivity index (χ1n) is 9.54. The second-order valence-electron chi connectivity index (χ2n) is 7.62. The van der Waals surface area contributed by atoms with Crippen LogP contribution in [0.25, 0.3) is 11.3 Å². The van der Waals surface area contributed by atoms with Gasteiger partial charge in [0, 0.05) is 18.0 Å². The normalized spacial score (nSPS) is 18.9. The quantitative estimate of drug-likeness (QED) is 0.852. The van der Waals surface area contributed by atoms with E-state index in [1.165, 1.54) is 0 Å². The third-order valence-electron chi connectivity index (χ3n) is 5.59. The number of carbonyl (C=O) groups is 1. The van der Waals surface area contributed by atoms with Crippen molar-refractivity contribution >= 4 is 11.7 Å². The van der Waals surface area contributed by atoms with E-state index in [1.807, 2.05) is 36.7 Å². The fourth-order valence-electron chi connectivity index (χ4n) is 3.96. The van der Waals surface area contributed by atoms with E-state index in [-0.39, 0.29) is 12.3 Å². The Hall–Kier alpha value is -2.61. The second-order valence-corrected chi connectivity index (χ2v) is 7.62. The number of amides is 1. The fraction of sp³-hybridized carbons (Fsp3) is 0.476. The van der Waals surface area contributed by atoms with Crippen LogP contribution >= 0.6 is 0 Å². The van der Waals surface area contributed by atoms with E-state index in [0.717, 1.165) is 62.0 Å². The lowest BCUT2D eigenvalue weighted by atomic mass is 9.73. The van der Waals surface area contributed by atoms with Gasteiger partial charge in [0.05, 0.1) is 17.8 Å². The average molecular weight is 348 g/mol. The van der Waals surface area contributed by atoms with Crippen molar-refractivity contribution in [2.75, 3.05) is 5.32 Å². The molecule has 0 bridgehead atoms. The highest BCUT2D eigenvalue weighted by molar-refractivity contribution is 5.94. The monoisotopic (exact) mass is 348 g/mol. The van der Waals surface area contributed by atoms with Crippen molar-refractivity contribution in [1.29, 1.82) is 5.26 Å². The molecular formula is C21H24N4O. The second kappa shape index (κ2) is 6.95. The predicted octanol–water partition coefficient (Wildman–Crippen LogP) is 4.69. The van der Waals surface area contributed by atoms with E-state index in [1.54, 1.807) is 0 Å². The average Bonchev–Trinajstić information content (AvgIpc) is 3.44. The summed E-state index contributed by atoms with van der Waals surface area (Å²) in [5.41, 5.74) is 1.30. The van der Waals surface area contributed by atoms with Crippen LogP contribution in [0.15, 0.2) is 36.7 Å². The van der Waals surface area contributed by atoms with E-state index in [4.69, 9.17) is 0 Å². The van der Waals surface area contributed by atoms with E-state index < -0.39 is 5.41 Å². The Balaban J connectivity index is 1.58. The molecule has 26 heavy (non-hydrogen) atoms. The summed E-state index contributed by atoms with van der Waals surface area (Å²) in [7, 11) is 0. The number of hydrogen-bond acceptors (Lipinski definition) is 3. The smallest absolute Gasteiger partial charge is 0.227 e. The van der Waals surface area contributed by atoms with E-state index >= 15 is 0 Å². The number of anilines is 1. The molecule has 2 aliphatic carbocycles. The molecule has 2 fully saturated rings. The van der Waals surface area contributed by atoms with Crippen molar-refractivity contribution in [3.8, 4) is 17.3 Å². The number of nitrogens with zero attached hydrogens (tertiary/aromatic N) is 3. The van der Waals surface area contributed by atoms with Crippen molar-refractivity contribution in [3.05, 3.63) is 36.7 Å². The molecule has 1 heterocycles. The minimum absolute atomic E-state index is 0.0759. The zero-order chi connectivity index (χ0) is 18.0. The van der Waals surface area contributed by atoms with Crippen LogP contribution in [-0.2, 0) is 4.79 Å². The molecule has 1 aromatic carbocycles. The number of nitrogens with one attached hydrogen (secondary N) is 1. The van der Waals surface area contributed by atoms with Crippen LogP contribution in [0.2, 0.25) is 0 Å². The highest BCUT2D eigenvalue weighted by Gasteiger charge is 2.35. The summed E-state index contributed by atoms with van der Waals surface area (Å²) in [4.78, 5) is 17.4. The summed E-state index contributed by atoms with van der Waals surface area (Å²) in [5, 5.41) is 12.8. The third-order valence-corrected chi connectivity index (χ3v) is 5.59. The van der Waals surface area contributed by atoms with Gasteiger partial charge in [0.25, 0.3) is 0 Å². The van der Waals surface area contributed by atoms with Crippen molar-refractivity contribution < 1.29 is 4.79 Å². The summed E-state index contributed by atoms with van der Waals surface area (Å²) >= 11 is 0. The molecule has 2 aliphatic rings. The molecule has 0 saturated heterocycles. The van der Waals surface area contributed by atoms with E-state index in [2.05, 4.69) is 20.9 Å². The molecule has 134 valence electrons. The molecular weight excluding hydrogens is 324 g/mol. The molecule has 5 nitrogen and oxygen atoms in total. The largest absolute Gasteiger partial charge is 0.314 e. The van der Waals surface area contributed by atoms with Gasteiger partial charge in [0.2, 0.25) is 5.91 Å². The van der Waals surface area contributed by atoms with Gasteiger partial charge in [-0.05, 0) is 25.7 Å². The highest BCUT2D eigenvalue weighted by atomic mass is 16.1. The molecule has 0 radical (unpaired) electrons. The molecule has 5 heteroatoms. The van der Waals surface area contributed by atoms with Gasteiger partial charge in [-0.2, -0.15) is 5.26 Å². The highest BCUT2D eigenvalue weighted by Crippen LogP contribution is 2.42. The number of rotatable bonds is 5. The SMILES string of the molecule is N#CC1(CC(=O)Nc2c(-c3ccccc3)ncn2C2CC2)CCCCC1. The maximum atomic E-state index is 12.8. The van der Waals surface area contributed by atoms with Gasteiger partial charge in [-0.3, -0.25) is 4.79 Å². The minimum Gasteiger partial charge on any atom is -0.314 e. The fourth-order valence-corrected chi connectivity index (χ4v) is 3.96. The standard InChI is InChI=1S/C21H24N4O/c22-14-21(11-5-2-6-12-21)13-18(26)24-20-19(16-7-3-1-4-8-16)23-15-25(20)17-9-10-17/h1,3-4,7-8,15,17H,2,5-6,9-13H2,(H,24,26).